The van der Waals surface area contributed by atoms with Crippen molar-refractivity contribution in [3.63, 3.8) is 0 Å². The number of piperidine rings is 1. The lowest BCUT2D eigenvalue weighted by atomic mass is 10.0. The molecule has 0 radical (unpaired) electrons. The second-order valence-corrected chi connectivity index (χ2v) is 9.19. The summed E-state index contributed by atoms with van der Waals surface area (Å²) >= 11 is 13.0. The monoisotopic (exact) mass is 447 g/mol. The number of nitrogens with zero attached hydrogens (tertiary/aromatic N) is 6. The molecule has 1 saturated carbocycles. The van der Waals surface area contributed by atoms with E-state index in [1.807, 2.05) is 10.9 Å². The Kier molecular flexibility index (Phi) is 4.63. The van der Waals surface area contributed by atoms with Crippen molar-refractivity contribution < 1.29 is 4.74 Å². The maximum atomic E-state index is 6.68. The molecule has 8 nitrogen and oxygen atoms in total. The van der Waals surface area contributed by atoms with E-state index in [0.717, 1.165) is 68.7 Å². The normalized spacial score (nSPS) is 21.3. The number of ether oxygens (including phenoxy) is 1. The summed E-state index contributed by atoms with van der Waals surface area (Å²) in [6.07, 6.45) is 9.88. The molecule has 5 heterocycles. The van der Waals surface area contributed by atoms with E-state index in [0.29, 0.717) is 34.2 Å². The van der Waals surface area contributed by atoms with Crippen LogP contribution >= 0.6 is 23.2 Å². The van der Waals surface area contributed by atoms with E-state index in [9.17, 15) is 0 Å². The van der Waals surface area contributed by atoms with E-state index >= 15 is 0 Å². The summed E-state index contributed by atoms with van der Waals surface area (Å²) in [6.45, 7) is 3.83. The van der Waals surface area contributed by atoms with Crippen LogP contribution in [0.1, 0.15) is 37.8 Å². The van der Waals surface area contributed by atoms with Crippen molar-refractivity contribution in [2.75, 3.05) is 31.6 Å². The number of fused-ring (bicyclic) bond motifs is 1. The maximum Gasteiger partial charge on any atom is 0.229 e. The van der Waals surface area contributed by atoms with Crippen molar-refractivity contribution in [1.29, 1.82) is 0 Å². The number of likely N-dealkylation sites (tertiary alicyclic amines) is 1. The van der Waals surface area contributed by atoms with Gasteiger partial charge in [0.1, 0.15) is 5.65 Å². The molecule has 0 unspecified atom stereocenters. The highest BCUT2D eigenvalue weighted by Crippen LogP contribution is 2.40. The van der Waals surface area contributed by atoms with Gasteiger partial charge >= 0.3 is 0 Å². The van der Waals surface area contributed by atoms with Gasteiger partial charge in [-0.2, -0.15) is 10.1 Å². The third-order valence-corrected chi connectivity index (χ3v) is 7.10. The fraction of sp³-hybridized carbons (Fsp3) is 0.550. The predicted molar refractivity (Wildman–Crippen MR) is 116 cm³/mol. The Hall–Kier alpha value is -1.87. The molecule has 3 aromatic rings. The maximum absolute atomic E-state index is 6.68. The summed E-state index contributed by atoms with van der Waals surface area (Å²) in [4.78, 5) is 11.6. The summed E-state index contributed by atoms with van der Waals surface area (Å²) < 4.78 is 9.40. The van der Waals surface area contributed by atoms with Gasteiger partial charge in [0.05, 0.1) is 47.6 Å². The number of halogens is 2. The van der Waals surface area contributed by atoms with Gasteiger partial charge in [-0.15, -0.1) is 0 Å². The SMILES string of the molecule is Clc1cn(C2CC2)c2nc(Nc3cnn(C4CCN(C5COC5)CC4)c3Cl)ncc12. The molecule has 0 atom stereocenters. The van der Waals surface area contributed by atoms with Crippen molar-refractivity contribution in [2.24, 2.45) is 0 Å². The van der Waals surface area contributed by atoms with E-state index in [-0.39, 0.29) is 0 Å². The van der Waals surface area contributed by atoms with Crippen LogP contribution < -0.4 is 5.32 Å². The topological polar surface area (TPSA) is 73.0 Å². The van der Waals surface area contributed by atoms with Crippen LogP contribution in [0.3, 0.4) is 0 Å². The van der Waals surface area contributed by atoms with Crippen LogP contribution in [0.4, 0.5) is 11.6 Å². The zero-order valence-corrected chi connectivity index (χ0v) is 18.0. The molecule has 3 fully saturated rings. The van der Waals surface area contributed by atoms with Crippen LogP contribution in [0.25, 0.3) is 11.0 Å². The Bertz CT molecular complexity index is 1080. The van der Waals surface area contributed by atoms with Gasteiger partial charge < -0.3 is 14.6 Å². The minimum Gasteiger partial charge on any atom is -0.378 e. The highest BCUT2D eigenvalue weighted by Gasteiger charge is 2.31. The summed E-state index contributed by atoms with van der Waals surface area (Å²) in [5, 5.41) is 9.96. The largest absolute Gasteiger partial charge is 0.378 e. The van der Waals surface area contributed by atoms with Crippen LogP contribution in [0.2, 0.25) is 10.2 Å². The van der Waals surface area contributed by atoms with Crippen LogP contribution in [-0.2, 0) is 4.74 Å². The van der Waals surface area contributed by atoms with Crippen LogP contribution in [0.15, 0.2) is 18.6 Å². The Labute approximate surface area is 184 Å². The summed E-state index contributed by atoms with van der Waals surface area (Å²) in [5.41, 5.74) is 1.58. The molecule has 2 saturated heterocycles. The zero-order chi connectivity index (χ0) is 20.2. The zero-order valence-electron chi connectivity index (χ0n) is 16.5. The standard InChI is InChI=1S/C20H23Cl2N7O/c21-16-9-28(12-1-2-12)19-15(16)7-23-20(26-19)25-17-8-24-29(18(17)22)13-3-5-27(6-4-13)14-10-30-11-14/h7-9,12-14H,1-6,10-11H2,(H,23,25,26). The first-order valence-corrected chi connectivity index (χ1v) is 11.3. The van der Waals surface area contributed by atoms with Gasteiger partial charge in [0, 0.05) is 31.5 Å². The highest BCUT2D eigenvalue weighted by atomic mass is 35.5. The summed E-state index contributed by atoms with van der Waals surface area (Å²) in [7, 11) is 0. The lowest BCUT2D eigenvalue weighted by molar-refractivity contribution is -0.0734. The van der Waals surface area contributed by atoms with Crippen molar-refractivity contribution in [2.45, 2.75) is 43.8 Å². The molecular weight excluding hydrogens is 425 g/mol. The Balaban J connectivity index is 1.20. The molecule has 0 amide bonds. The van der Waals surface area contributed by atoms with Gasteiger partial charge in [-0.3, -0.25) is 4.90 Å². The number of hydrogen-bond acceptors (Lipinski definition) is 6. The first kappa shape index (κ1) is 18.9. The fourth-order valence-electron chi connectivity index (χ4n) is 4.42. The molecule has 30 heavy (non-hydrogen) atoms. The molecule has 0 bridgehead atoms. The summed E-state index contributed by atoms with van der Waals surface area (Å²) in [5.74, 6) is 0.500. The van der Waals surface area contributed by atoms with Crippen molar-refractivity contribution in [3.05, 3.63) is 28.8 Å². The molecule has 1 aliphatic carbocycles. The Morgan fingerprint density at radius 3 is 2.50 bits per heavy atom. The Morgan fingerprint density at radius 2 is 1.80 bits per heavy atom. The minimum absolute atomic E-state index is 0.305. The van der Waals surface area contributed by atoms with Gasteiger partial charge in [-0.05, 0) is 25.7 Å². The van der Waals surface area contributed by atoms with Gasteiger partial charge in [0.25, 0.3) is 0 Å². The van der Waals surface area contributed by atoms with E-state index in [1.165, 1.54) is 0 Å². The van der Waals surface area contributed by atoms with Gasteiger partial charge in [-0.1, -0.05) is 23.2 Å². The average molecular weight is 448 g/mol. The third-order valence-electron chi connectivity index (χ3n) is 6.43. The van der Waals surface area contributed by atoms with Crippen molar-refractivity contribution in [3.8, 4) is 0 Å². The highest BCUT2D eigenvalue weighted by molar-refractivity contribution is 6.35. The molecule has 158 valence electrons. The molecule has 0 spiro atoms. The van der Waals surface area contributed by atoms with Crippen LogP contribution in [0.5, 0.6) is 0 Å². The fourth-order valence-corrected chi connectivity index (χ4v) is 4.93. The number of anilines is 2. The number of rotatable bonds is 5. The first-order chi connectivity index (χ1) is 14.7. The predicted octanol–water partition coefficient (Wildman–Crippen LogP) is 4.05. The number of aromatic nitrogens is 5. The molecule has 6 rings (SSSR count). The second kappa shape index (κ2) is 7.37. The van der Waals surface area contributed by atoms with Crippen molar-refractivity contribution >= 4 is 45.9 Å². The lowest BCUT2D eigenvalue weighted by Crippen LogP contribution is -2.51. The molecular formula is C20H23Cl2N7O. The minimum atomic E-state index is 0.305. The summed E-state index contributed by atoms with van der Waals surface area (Å²) in [6, 6.07) is 1.39. The van der Waals surface area contributed by atoms with Crippen LogP contribution in [-0.4, -0.2) is 61.6 Å². The van der Waals surface area contributed by atoms with Crippen LogP contribution in [0, 0.1) is 0 Å². The van der Waals surface area contributed by atoms with E-state index in [4.69, 9.17) is 32.9 Å². The van der Waals surface area contributed by atoms with Gasteiger partial charge in [0.15, 0.2) is 5.15 Å². The smallest absolute Gasteiger partial charge is 0.229 e. The average Bonchev–Trinajstić information content (AvgIpc) is 3.43. The first-order valence-electron chi connectivity index (χ1n) is 10.5. The molecule has 1 N–H and O–H groups in total. The molecule has 0 aromatic carbocycles. The lowest BCUT2D eigenvalue weighted by Gasteiger charge is -2.41. The van der Waals surface area contributed by atoms with E-state index < -0.39 is 0 Å². The Morgan fingerprint density at radius 1 is 1.00 bits per heavy atom. The molecule has 10 heteroatoms. The third kappa shape index (κ3) is 3.26. The van der Waals surface area contributed by atoms with Crippen molar-refractivity contribution in [1.82, 2.24) is 29.2 Å². The van der Waals surface area contributed by atoms with E-state index in [2.05, 4.69) is 24.9 Å². The molecule has 3 aliphatic rings. The second-order valence-electron chi connectivity index (χ2n) is 8.42. The van der Waals surface area contributed by atoms with Gasteiger partial charge in [0.2, 0.25) is 5.95 Å². The quantitative estimate of drug-likeness (QED) is 0.635. The van der Waals surface area contributed by atoms with E-state index in [1.54, 1.807) is 12.4 Å². The molecule has 3 aromatic heterocycles. The van der Waals surface area contributed by atoms with Gasteiger partial charge in [-0.25, -0.2) is 9.67 Å². The number of nitrogens with one attached hydrogen (secondary N) is 1. The molecule has 2 aliphatic heterocycles. The number of hydrogen-bond donors (Lipinski definition) is 1.